The van der Waals surface area contributed by atoms with Gasteiger partial charge in [-0.15, -0.1) is 0 Å². The van der Waals surface area contributed by atoms with Crippen LogP contribution in [-0.2, 0) is 6.61 Å². The van der Waals surface area contributed by atoms with Gasteiger partial charge in [0.15, 0.2) is 11.6 Å². The molecule has 0 atom stereocenters. The number of nitrogens with one attached hydrogen (secondary N) is 1. The molecule has 7 heteroatoms. The summed E-state index contributed by atoms with van der Waals surface area (Å²) in [6.45, 7) is 0.294. The molecule has 5 nitrogen and oxygen atoms in total. The van der Waals surface area contributed by atoms with Crippen LogP contribution < -0.4 is 10.1 Å². The zero-order chi connectivity index (χ0) is 19.5. The number of pyridine rings is 1. The summed E-state index contributed by atoms with van der Waals surface area (Å²) in [6.07, 6.45) is 3.80. The van der Waals surface area contributed by atoms with E-state index in [1.54, 1.807) is 24.3 Å². The van der Waals surface area contributed by atoms with Crippen LogP contribution in [0.1, 0.15) is 16.1 Å². The lowest BCUT2D eigenvalue weighted by Gasteiger charge is -2.07. The van der Waals surface area contributed by atoms with E-state index in [0.29, 0.717) is 17.9 Å². The average molecular weight is 379 g/mol. The molecule has 0 aliphatic carbocycles. The Morgan fingerprint density at radius 3 is 2.61 bits per heavy atom. The number of benzene rings is 2. The average Bonchev–Trinajstić information content (AvgIpc) is 3.12. The first-order chi connectivity index (χ1) is 13.6. The van der Waals surface area contributed by atoms with Gasteiger partial charge in [-0.25, -0.2) is 13.8 Å². The van der Waals surface area contributed by atoms with Crippen molar-refractivity contribution in [2.75, 3.05) is 5.32 Å². The van der Waals surface area contributed by atoms with E-state index in [1.165, 1.54) is 6.07 Å². The number of carbonyl (C=O) groups excluding carboxylic acids is 1. The van der Waals surface area contributed by atoms with E-state index >= 15 is 0 Å². The SMILES string of the molecule is O=C(Nc1ccc(F)c(F)c1)c1ccc(OCc2cn3ccccc3n2)cc1. The van der Waals surface area contributed by atoms with Crippen molar-refractivity contribution in [3.63, 3.8) is 0 Å². The molecular weight excluding hydrogens is 364 g/mol. The predicted molar refractivity (Wildman–Crippen MR) is 100 cm³/mol. The van der Waals surface area contributed by atoms with E-state index in [1.807, 2.05) is 35.0 Å². The van der Waals surface area contributed by atoms with Gasteiger partial charge in [0.25, 0.3) is 5.91 Å². The smallest absolute Gasteiger partial charge is 0.255 e. The molecular formula is C21H15F2N3O2. The van der Waals surface area contributed by atoms with Gasteiger partial charge < -0.3 is 14.5 Å². The van der Waals surface area contributed by atoms with Gasteiger partial charge in [0.2, 0.25) is 0 Å². The van der Waals surface area contributed by atoms with Gasteiger partial charge in [-0.05, 0) is 48.5 Å². The Balaban J connectivity index is 1.38. The maximum atomic E-state index is 13.2. The lowest BCUT2D eigenvalue weighted by molar-refractivity contribution is 0.102. The fourth-order valence-corrected chi connectivity index (χ4v) is 2.69. The van der Waals surface area contributed by atoms with Crippen molar-refractivity contribution < 1.29 is 18.3 Å². The maximum absolute atomic E-state index is 13.2. The topological polar surface area (TPSA) is 55.6 Å². The summed E-state index contributed by atoms with van der Waals surface area (Å²) in [4.78, 5) is 16.7. The highest BCUT2D eigenvalue weighted by molar-refractivity contribution is 6.04. The summed E-state index contributed by atoms with van der Waals surface area (Å²) < 4.78 is 33.8. The van der Waals surface area contributed by atoms with Crippen LogP contribution in [0.2, 0.25) is 0 Å². The molecule has 0 aliphatic rings. The van der Waals surface area contributed by atoms with Crippen molar-refractivity contribution in [2.24, 2.45) is 0 Å². The lowest BCUT2D eigenvalue weighted by Crippen LogP contribution is -2.12. The monoisotopic (exact) mass is 379 g/mol. The quantitative estimate of drug-likeness (QED) is 0.558. The van der Waals surface area contributed by atoms with Gasteiger partial charge in [-0.3, -0.25) is 4.79 Å². The second-order valence-electron chi connectivity index (χ2n) is 6.09. The van der Waals surface area contributed by atoms with E-state index in [0.717, 1.165) is 23.5 Å². The first-order valence-corrected chi connectivity index (χ1v) is 8.50. The number of fused-ring (bicyclic) bond motifs is 1. The molecule has 0 radical (unpaired) electrons. The fourth-order valence-electron chi connectivity index (χ4n) is 2.69. The van der Waals surface area contributed by atoms with Crippen molar-refractivity contribution >= 4 is 17.2 Å². The molecule has 4 aromatic rings. The summed E-state index contributed by atoms with van der Waals surface area (Å²) in [6, 6.07) is 15.4. The molecule has 0 aliphatic heterocycles. The maximum Gasteiger partial charge on any atom is 0.255 e. The second-order valence-corrected chi connectivity index (χ2v) is 6.09. The third-order valence-corrected chi connectivity index (χ3v) is 4.09. The Hall–Kier alpha value is -3.74. The van der Waals surface area contributed by atoms with E-state index in [-0.39, 0.29) is 5.69 Å². The van der Waals surface area contributed by atoms with E-state index < -0.39 is 17.5 Å². The highest BCUT2D eigenvalue weighted by Gasteiger charge is 2.09. The normalized spacial score (nSPS) is 10.8. The molecule has 0 fully saturated rings. The van der Waals surface area contributed by atoms with Gasteiger partial charge in [-0.1, -0.05) is 6.07 Å². The Morgan fingerprint density at radius 2 is 1.86 bits per heavy atom. The number of carbonyl (C=O) groups is 1. The molecule has 2 aromatic heterocycles. The zero-order valence-electron chi connectivity index (χ0n) is 14.6. The minimum Gasteiger partial charge on any atom is -0.487 e. The predicted octanol–water partition coefficient (Wildman–Crippen LogP) is 4.44. The van der Waals surface area contributed by atoms with Crippen LogP contribution in [0.5, 0.6) is 5.75 Å². The highest BCUT2D eigenvalue weighted by Crippen LogP contribution is 2.17. The fraction of sp³-hybridized carbons (Fsp3) is 0.0476. The number of ether oxygens (including phenoxy) is 1. The lowest BCUT2D eigenvalue weighted by atomic mass is 10.2. The van der Waals surface area contributed by atoms with E-state index in [9.17, 15) is 13.6 Å². The number of amides is 1. The Morgan fingerprint density at radius 1 is 1.04 bits per heavy atom. The molecule has 0 unspecified atom stereocenters. The van der Waals surface area contributed by atoms with Gasteiger partial charge in [-0.2, -0.15) is 0 Å². The molecule has 4 rings (SSSR count). The van der Waals surface area contributed by atoms with Crippen LogP contribution in [0.15, 0.2) is 73.1 Å². The van der Waals surface area contributed by atoms with Crippen LogP contribution in [0.3, 0.4) is 0 Å². The molecule has 0 saturated carbocycles. The summed E-state index contributed by atoms with van der Waals surface area (Å²) >= 11 is 0. The number of anilines is 1. The number of halogens is 2. The number of hydrogen-bond acceptors (Lipinski definition) is 3. The first-order valence-electron chi connectivity index (χ1n) is 8.50. The Kier molecular flexibility index (Phi) is 4.72. The van der Waals surface area contributed by atoms with Crippen molar-refractivity contribution in [3.8, 4) is 5.75 Å². The van der Waals surface area contributed by atoms with Crippen LogP contribution in [0, 0.1) is 11.6 Å². The molecule has 2 heterocycles. The number of aromatic nitrogens is 2. The number of nitrogens with zero attached hydrogens (tertiary/aromatic N) is 2. The molecule has 140 valence electrons. The summed E-state index contributed by atoms with van der Waals surface area (Å²) in [5.74, 6) is -1.84. The number of rotatable bonds is 5. The highest BCUT2D eigenvalue weighted by atomic mass is 19.2. The molecule has 1 N–H and O–H groups in total. The Labute approximate surface area is 159 Å². The van der Waals surface area contributed by atoms with Crippen molar-refractivity contribution in [3.05, 3.63) is 95.9 Å². The second kappa shape index (κ2) is 7.48. The van der Waals surface area contributed by atoms with Crippen molar-refractivity contribution in [1.29, 1.82) is 0 Å². The molecule has 0 bridgehead atoms. The van der Waals surface area contributed by atoms with Crippen LogP contribution in [-0.4, -0.2) is 15.3 Å². The first kappa shape index (κ1) is 17.7. The van der Waals surface area contributed by atoms with Crippen molar-refractivity contribution in [1.82, 2.24) is 9.38 Å². The van der Waals surface area contributed by atoms with Gasteiger partial charge in [0, 0.05) is 29.7 Å². The van der Waals surface area contributed by atoms with Crippen LogP contribution in [0.4, 0.5) is 14.5 Å². The minimum atomic E-state index is -1.02. The zero-order valence-corrected chi connectivity index (χ0v) is 14.6. The van der Waals surface area contributed by atoms with Gasteiger partial charge in [0.1, 0.15) is 18.0 Å². The molecule has 0 saturated heterocycles. The molecule has 2 aromatic carbocycles. The molecule has 28 heavy (non-hydrogen) atoms. The number of hydrogen-bond donors (Lipinski definition) is 1. The molecule has 1 amide bonds. The van der Waals surface area contributed by atoms with Crippen molar-refractivity contribution in [2.45, 2.75) is 6.61 Å². The van der Waals surface area contributed by atoms with Gasteiger partial charge in [0.05, 0.1) is 5.69 Å². The largest absolute Gasteiger partial charge is 0.487 e. The third kappa shape index (κ3) is 3.83. The Bertz CT molecular complexity index is 1110. The third-order valence-electron chi connectivity index (χ3n) is 4.09. The van der Waals surface area contributed by atoms with Crippen LogP contribution >= 0.6 is 0 Å². The molecule has 0 spiro atoms. The van der Waals surface area contributed by atoms with E-state index in [4.69, 9.17) is 4.74 Å². The standard InChI is InChI=1S/C21H15F2N3O2/c22-18-9-6-15(11-19(18)23)25-21(27)14-4-7-17(8-5-14)28-13-16-12-26-10-2-1-3-20(26)24-16/h1-12H,13H2,(H,25,27). The van der Waals surface area contributed by atoms with Crippen LogP contribution in [0.25, 0.3) is 5.65 Å². The van der Waals surface area contributed by atoms with E-state index in [2.05, 4.69) is 10.3 Å². The number of imidazole rings is 1. The summed E-state index contributed by atoms with van der Waals surface area (Å²) in [7, 11) is 0. The summed E-state index contributed by atoms with van der Waals surface area (Å²) in [5.41, 5.74) is 2.16. The summed E-state index contributed by atoms with van der Waals surface area (Å²) in [5, 5.41) is 2.52. The minimum absolute atomic E-state index is 0.177. The van der Waals surface area contributed by atoms with Gasteiger partial charge >= 0.3 is 0 Å².